The molecule has 0 radical (unpaired) electrons. The molecular formula is C25H22F2N4O4. The Kier molecular flexibility index (Phi) is 7.55. The molecule has 0 aliphatic rings. The molecule has 2 N–H and O–H groups in total. The van der Waals surface area contributed by atoms with Crippen molar-refractivity contribution in [1.82, 2.24) is 4.90 Å². The highest BCUT2D eigenvalue weighted by Gasteiger charge is 2.18. The van der Waals surface area contributed by atoms with Crippen LogP contribution in [0.15, 0.2) is 66.9 Å². The van der Waals surface area contributed by atoms with Gasteiger partial charge in [-0.1, -0.05) is 0 Å². The van der Waals surface area contributed by atoms with E-state index >= 15 is 0 Å². The van der Waals surface area contributed by atoms with E-state index in [2.05, 4.69) is 10.6 Å². The van der Waals surface area contributed by atoms with Crippen molar-refractivity contribution < 1.29 is 23.3 Å². The third-order valence-electron chi connectivity index (χ3n) is 4.78. The molecule has 3 rings (SSSR count). The van der Waals surface area contributed by atoms with Gasteiger partial charge in [-0.3, -0.25) is 19.7 Å². The van der Waals surface area contributed by atoms with E-state index in [4.69, 9.17) is 0 Å². The van der Waals surface area contributed by atoms with Crippen molar-refractivity contribution in [2.24, 2.45) is 0 Å². The maximum absolute atomic E-state index is 14.4. The van der Waals surface area contributed by atoms with Gasteiger partial charge in [0.1, 0.15) is 17.3 Å². The van der Waals surface area contributed by atoms with Crippen molar-refractivity contribution >= 4 is 34.4 Å². The van der Waals surface area contributed by atoms with E-state index in [1.165, 1.54) is 55.6 Å². The van der Waals surface area contributed by atoms with Gasteiger partial charge in [-0.25, -0.2) is 8.78 Å². The Balaban J connectivity index is 2.04. The summed E-state index contributed by atoms with van der Waals surface area (Å²) >= 11 is 0. The van der Waals surface area contributed by atoms with Gasteiger partial charge >= 0.3 is 0 Å². The summed E-state index contributed by atoms with van der Waals surface area (Å²) in [6.07, 6.45) is 2.83. The molecule has 0 bridgehead atoms. The molecule has 0 unspecified atom stereocenters. The normalized spacial score (nSPS) is 10.8. The van der Waals surface area contributed by atoms with E-state index < -0.39 is 22.3 Å². The van der Waals surface area contributed by atoms with E-state index in [9.17, 15) is 28.5 Å². The lowest BCUT2D eigenvalue weighted by Gasteiger charge is -2.13. The Hall–Kier alpha value is -4.60. The second kappa shape index (κ2) is 10.6. The molecule has 0 saturated carbocycles. The first-order valence-corrected chi connectivity index (χ1v) is 10.4. The van der Waals surface area contributed by atoms with Crippen molar-refractivity contribution in [3.05, 3.63) is 94.2 Å². The minimum absolute atomic E-state index is 0.0739. The molecular weight excluding hydrogens is 458 g/mol. The molecule has 35 heavy (non-hydrogen) atoms. The molecule has 0 atom stereocenters. The molecule has 0 aliphatic heterocycles. The van der Waals surface area contributed by atoms with Crippen LogP contribution in [-0.4, -0.2) is 35.6 Å². The maximum Gasteiger partial charge on any atom is 0.293 e. The zero-order valence-corrected chi connectivity index (χ0v) is 19.1. The van der Waals surface area contributed by atoms with Crippen LogP contribution >= 0.6 is 0 Å². The molecule has 8 nitrogen and oxygen atoms in total. The van der Waals surface area contributed by atoms with Crippen LogP contribution in [0.3, 0.4) is 0 Å². The van der Waals surface area contributed by atoms with Crippen LogP contribution in [0.5, 0.6) is 0 Å². The van der Waals surface area contributed by atoms with Gasteiger partial charge in [-0.2, -0.15) is 0 Å². The van der Waals surface area contributed by atoms with Gasteiger partial charge in [-0.15, -0.1) is 0 Å². The predicted molar refractivity (Wildman–Crippen MR) is 130 cm³/mol. The Bertz CT molecular complexity index is 1340. The standard InChI is InChI=1S/C25H22F2N4O4/c1-15(32)28-19-10-17(21-6-5-18(26)13-22(21)27)11-20(14-19)29-23-7-4-16(12-24(23)31(34)35)25(33)8-9-30(2)3/h4-14,29H,1-3H3,(H,28,32)/b9-8+. The van der Waals surface area contributed by atoms with Crippen molar-refractivity contribution in [3.8, 4) is 11.1 Å². The van der Waals surface area contributed by atoms with E-state index in [1.54, 1.807) is 19.0 Å². The fourth-order valence-corrected chi connectivity index (χ4v) is 3.26. The number of carbonyl (C=O) groups is 2. The monoisotopic (exact) mass is 480 g/mol. The maximum atomic E-state index is 14.4. The fraction of sp³-hybridized carbons (Fsp3) is 0.120. The quantitative estimate of drug-likeness (QED) is 0.191. The number of halogens is 2. The summed E-state index contributed by atoms with van der Waals surface area (Å²) < 4.78 is 27.8. The molecule has 0 aliphatic carbocycles. The molecule has 0 heterocycles. The number of rotatable bonds is 8. The molecule has 3 aromatic rings. The first-order chi connectivity index (χ1) is 16.5. The summed E-state index contributed by atoms with van der Waals surface area (Å²) in [5, 5.41) is 17.2. The number of hydrogen-bond acceptors (Lipinski definition) is 6. The fourth-order valence-electron chi connectivity index (χ4n) is 3.26. The topological polar surface area (TPSA) is 105 Å². The predicted octanol–water partition coefficient (Wildman–Crippen LogP) is 5.50. The molecule has 10 heteroatoms. The number of benzene rings is 3. The van der Waals surface area contributed by atoms with Gasteiger partial charge in [0.15, 0.2) is 5.78 Å². The molecule has 0 saturated heterocycles. The van der Waals surface area contributed by atoms with Crippen molar-refractivity contribution in [2.75, 3.05) is 24.7 Å². The highest BCUT2D eigenvalue weighted by atomic mass is 19.1. The van der Waals surface area contributed by atoms with Crippen molar-refractivity contribution in [3.63, 3.8) is 0 Å². The Labute approximate surface area is 200 Å². The zero-order valence-electron chi connectivity index (χ0n) is 19.1. The minimum Gasteiger partial charge on any atom is -0.383 e. The highest BCUT2D eigenvalue weighted by Crippen LogP contribution is 2.34. The summed E-state index contributed by atoms with van der Waals surface area (Å²) in [5.41, 5.74) is 0.821. The largest absolute Gasteiger partial charge is 0.383 e. The van der Waals surface area contributed by atoms with Crippen LogP contribution in [0.25, 0.3) is 11.1 Å². The number of amides is 1. The summed E-state index contributed by atoms with van der Waals surface area (Å²) in [5.74, 6) is -2.34. The molecule has 0 aromatic heterocycles. The third kappa shape index (κ3) is 6.47. The smallest absolute Gasteiger partial charge is 0.293 e. The summed E-state index contributed by atoms with van der Waals surface area (Å²) in [6, 6.07) is 11.6. The number of hydrogen-bond donors (Lipinski definition) is 2. The number of anilines is 3. The number of nitrogens with zero attached hydrogens (tertiary/aromatic N) is 2. The summed E-state index contributed by atoms with van der Waals surface area (Å²) in [4.78, 5) is 36.7. The van der Waals surface area contributed by atoms with E-state index in [0.717, 1.165) is 18.2 Å². The zero-order chi connectivity index (χ0) is 25.7. The lowest BCUT2D eigenvalue weighted by Crippen LogP contribution is -2.07. The molecule has 1 amide bonds. The minimum atomic E-state index is -0.810. The van der Waals surface area contributed by atoms with Crippen LogP contribution < -0.4 is 10.6 Å². The molecule has 180 valence electrons. The molecule has 0 spiro atoms. The Morgan fingerprint density at radius 3 is 2.34 bits per heavy atom. The van der Waals surface area contributed by atoms with Gasteiger partial charge in [0, 0.05) is 67.9 Å². The number of nitro groups is 1. The highest BCUT2D eigenvalue weighted by molar-refractivity contribution is 6.05. The first kappa shape index (κ1) is 25.0. The second-order valence-corrected chi connectivity index (χ2v) is 7.86. The van der Waals surface area contributed by atoms with E-state index in [1.807, 2.05) is 0 Å². The van der Waals surface area contributed by atoms with E-state index in [0.29, 0.717) is 16.9 Å². The lowest BCUT2D eigenvalue weighted by atomic mass is 10.0. The number of nitrogens with one attached hydrogen (secondary N) is 2. The molecule has 0 fully saturated rings. The van der Waals surface area contributed by atoms with Gasteiger partial charge in [0.25, 0.3) is 5.69 Å². The number of nitro benzene ring substituents is 1. The molecule has 3 aromatic carbocycles. The Morgan fingerprint density at radius 2 is 1.71 bits per heavy atom. The lowest BCUT2D eigenvalue weighted by molar-refractivity contribution is -0.383. The van der Waals surface area contributed by atoms with Gasteiger partial charge in [0.05, 0.1) is 4.92 Å². The van der Waals surface area contributed by atoms with Crippen molar-refractivity contribution in [1.29, 1.82) is 0 Å². The average Bonchev–Trinajstić information content (AvgIpc) is 2.76. The van der Waals surface area contributed by atoms with Gasteiger partial charge < -0.3 is 15.5 Å². The van der Waals surface area contributed by atoms with Gasteiger partial charge in [-0.05, 0) is 48.0 Å². The van der Waals surface area contributed by atoms with Crippen LogP contribution in [0.4, 0.5) is 31.5 Å². The summed E-state index contributed by atoms with van der Waals surface area (Å²) in [6.45, 7) is 1.30. The third-order valence-corrected chi connectivity index (χ3v) is 4.78. The van der Waals surface area contributed by atoms with Gasteiger partial charge in [0.2, 0.25) is 5.91 Å². The average molecular weight is 480 g/mol. The van der Waals surface area contributed by atoms with Crippen LogP contribution in [-0.2, 0) is 4.79 Å². The first-order valence-electron chi connectivity index (χ1n) is 10.4. The SMILES string of the molecule is CC(=O)Nc1cc(Nc2ccc(C(=O)/C=C/N(C)C)cc2[N+](=O)[O-])cc(-c2ccc(F)cc2F)c1. The van der Waals surface area contributed by atoms with Crippen LogP contribution in [0.1, 0.15) is 17.3 Å². The van der Waals surface area contributed by atoms with Crippen LogP contribution in [0, 0.1) is 21.7 Å². The number of carbonyl (C=O) groups excluding carboxylic acids is 2. The second-order valence-electron chi connectivity index (χ2n) is 7.86. The Morgan fingerprint density at radius 1 is 1.00 bits per heavy atom. The van der Waals surface area contributed by atoms with Crippen molar-refractivity contribution in [2.45, 2.75) is 6.92 Å². The van der Waals surface area contributed by atoms with Crippen LogP contribution in [0.2, 0.25) is 0 Å². The van der Waals surface area contributed by atoms with E-state index in [-0.39, 0.29) is 28.4 Å². The number of allylic oxidation sites excluding steroid dienone is 1. The summed E-state index contributed by atoms with van der Waals surface area (Å²) in [7, 11) is 3.47. The number of ketones is 1.